The molecule has 0 bridgehead atoms. The molecular formula is C45H52N2O16S. The molecule has 2 aromatic carbocycles. The van der Waals surface area contributed by atoms with Crippen LogP contribution < -0.4 is 4.74 Å². The summed E-state index contributed by atoms with van der Waals surface area (Å²) in [6.07, 6.45) is -3.13. The van der Waals surface area contributed by atoms with Crippen molar-refractivity contribution in [2.24, 2.45) is 11.8 Å². The first kappa shape index (κ1) is 44.9. The Balaban J connectivity index is 0.957. The van der Waals surface area contributed by atoms with Crippen LogP contribution in [0.1, 0.15) is 108 Å². The number of imide groups is 1. The van der Waals surface area contributed by atoms with E-state index in [-0.39, 0.29) is 76.8 Å². The number of Topliss-reactive ketones (excluding diaryl/α,β-unsaturated/α-hetero) is 2. The highest BCUT2D eigenvalue weighted by Gasteiger charge is 2.57. The van der Waals surface area contributed by atoms with Crippen molar-refractivity contribution in [3.05, 3.63) is 51.6 Å². The molecule has 10 atom stereocenters. The molecule has 4 aliphatic heterocycles. The molecule has 4 heterocycles. The number of fused-ring (bicyclic) bond motifs is 6. The van der Waals surface area contributed by atoms with Crippen molar-refractivity contribution < 1.29 is 77.6 Å². The van der Waals surface area contributed by atoms with Crippen molar-refractivity contribution in [2.45, 2.75) is 125 Å². The number of ether oxygens (including phenoxy) is 6. The third-order valence-electron chi connectivity index (χ3n) is 14.2. The number of rotatable bonds is 11. The highest BCUT2D eigenvalue weighted by molar-refractivity contribution is 8.01. The zero-order valence-corrected chi connectivity index (χ0v) is 36.7. The average molecular weight is 909 g/mol. The van der Waals surface area contributed by atoms with E-state index >= 15 is 0 Å². The van der Waals surface area contributed by atoms with Gasteiger partial charge in [-0.25, -0.2) is 0 Å². The van der Waals surface area contributed by atoms with Crippen LogP contribution in [0.2, 0.25) is 0 Å². The number of morpholine rings is 1. The molecule has 7 aliphatic rings. The van der Waals surface area contributed by atoms with Gasteiger partial charge in [-0.15, -0.1) is 11.8 Å². The largest absolute Gasteiger partial charge is 0.507 e. The van der Waals surface area contributed by atoms with E-state index in [1.165, 1.54) is 49.1 Å². The van der Waals surface area contributed by atoms with Crippen molar-refractivity contribution in [1.82, 2.24) is 9.80 Å². The van der Waals surface area contributed by atoms with Crippen molar-refractivity contribution in [3.63, 3.8) is 0 Å². The molecule has 344 valence electrons. The van der Waals surface area contributed by atoms with Crippen molar-refractivity contribution in [2.75, 3.05) is 33.9 Å². The van der Waals surface area contributed by atoms with Gasteiger partial charge in [0.15, 0.2) is 30.4 Å². The Morgan fingerprint density at radius 3 is 2.39 bits per heavy atom. The number of nitrogens with zero attached hydrogens (tertiary/aromatic N) is 2. The number of methoxy groups -OCH3 is 2. The van der Waals surface area contributed by atoms with E-state index in [1.54, 1.807) is 13.8 Å². The number of carbonyl (C=O) groups is 6. The Morgan fingerprint density at radius 1 is 0.969 bits per heavy atom. The van der Waals surface area contributed by atoms with E-state index in [0.717, 1.165) is 25.7 Å². The Labute approximate surface area is 372 Å². The van der Waals surface area contributed by atoms with Crippen LogP contribution in [0.5, 0.6) is 17.2 Å². The summed E-state index contributed by atoms with van der Waals surface area (Å²) in [5.41, 5.74) is -4.43. The lowest BCUT2D eigenvalue weighted by molar-refractivity contribution is -0.259. The van der Waals surface area contributed by atoms with E-state index < -0.39 is 119 Å². The molecule has 1 saturated carbocycles. The number of aliphatic hydroxyl groups excluding tert-OH is 1. The number of carbonyl (C=O) groups excluding carboxylic acids is 6. The normalized spacial score (nSPS) is 34.8. The molecule has 19 heteroatoms. The summed E-state index contributed by atoms with van der Waals surface area (Å²) in [6.45, 7) is 2.92. The van der Waals surface area contributed by atoms with E-state index in [4.69, 9.17) is 28.4 Å². The first-order chi connectivity index (χ1) is 30.6. The number of phenolic OH excluding ortho intramolecular Hbond substituents is 2. The van der Waals surface area contributed by atoms with Crippen LogP contribution in [0, 0.1) is 11.8 Å². The Morgan fingerprint density at radius 2 is 1.70 bits per heavy atom. The Kier molecular flexibility index (Phi) is 12.0. The molecule has 18 nitrogen and oxygen atoms in total. The number of likely N-dealkylation sites (tertiary alicyclic amines) is 1. The zero-order valence-electron chi connectivity index (χ0n) is 35.9. The molecule has 4 saturated heterocycles. The van der Waals surface area contributed by atoms with E-state index in [1.807, 2.05) is 4.90 Å². The minimum absolute atomic E-state index is 0.0238. The van der Waals surface area contributed by atoms with Gasteiger partial charge in [-0.3, -0.25) is 38.6 Å². The lowest BCUT2D eigenvalue weighted by Crippen LogP contribution is -2.57. The second-order valence-electron chi connectivity index (χ2n) is 17.9. The average Bonchev–Trinajstić information content (AvgIpc) is 3.78. The smallest absolute Gasteiger partial charge is 0.242 e. The van der Waals surface area contributed by atoms with Gasteiger partial charge in [-0.1, -0.05) is 12.1 Å². The van der Waals surface area contributed by atoms with Gasteiger partial charge in [0, 0.05) is 74.5 Å². The summed E-state index contributed by atoms with van der Waals surface area (Å²) >= 11 is 1.25. The predicted octanol–water partition coefficient (Wildman–Crippen LogP) is 2.29. The summed E-state index contributed by atoms with van der Waals surface area (Å²) in [5, 5.41) is 44.8. The van der Waals surface area contributed by atoms with Gasteiger partial charge in [0.2, 0.25) is 17.6 Å². The zero-order chi connectivity index (χ0) is 45.5. The maximum atomic E-state index is 14.1. The van der Waals surface area contributed by atoms with Gasteiger partial charge in [-0.05, 0) is 51.5 Å². The quantitative estimate of drug-likeness (QED) is 0.159. The molecule has 2 aromatic rings. The van der Waals surface area contributed by atoms with Gasteiger partial charge in [0.05, 0.1) is 41.3 Å². The van der Waals surface area contributed by atoms with Crippen LogP contribution in [0.4, 0.5) is 0 Å². The predicted molar refractivity (Wildman–Crippen MR) is 221 cm³/mol. The molecule has 0 aromatic heterocycles. The molecule has 0 radical (unpaired) electrons. The lowest BCUT2D eigenvalue weighted by atomic mass is 9.72. The van der Waals surface area contributed by atoms with Crippen LogP contribution in [-0.4, -0.2) is 152 Å². The number of thioether (sulfide) groups is 1. The first-order valence-electron chi connectivity index (χ1n) is 21.7. The number of aliphatic hydroxyl groups is 2. The van der Waals surface area contributed by atoms with Gasteiger partial charge in [0.1, 0.15) is 46.8 Å². The number of benzene rings is 2. The molecule has 4 N–H and O–H groups in total. The van der Waals surface area contributed by atoms with Gasteiger partial charge >= 0.3 is 0 Å². The van der Waals surface area contributed by atoms with Gasteiger partial charge in [-0.2, -0.15) is 0 Å². The van der Waals surface area contributed by atoms with Crippen LogP contribution in [0.25, 0.3) is 0 Å². The fourth-order valence-corrected chi connectivity index (χ4v) is 12.2. The molecule has 2 amide bonds. The summed E-state index contributed by atoms with van der Waals surface area (Å²) in [6, 6.07) is 3.98. The number of amides is 2. The SMILES string of the molecule is COc1cccc2c1C(=O)c1c(O)c3c(c(O)c1C2=O)C[C@@](O)(C(=O)CO)C[C@@H]3O[C@H]1C[C@H]2[C@H](O[C@@H]3[C@@H](OC)OC(SC4CC(=O)N(CC5CCC(C(C)=O)CC5)C4=O)CN32)[C@H](C)O1. The monoisotopic (exact) mass is 908 g/mol. The third kappa shape index (κ3) is 7.46. The van der Waals surface area contributed by atoms with Crippen LogP contribution in [-0.2, 0) is 49.3 Å². The summed E-state index contributed by atoms with van der Waals surface area (Å²) < 4.78 is 36.8. The number of ketones is 4. The third-order valence-corrected chi connectivity index (χ3v) is 15.5. The maximum Gasteiger partial charge on any atom is 0.242 e. The molecule has 0 spiro atoms. The van der Waals surface area contributed by atoms with Gasteiger partial charge in [0.25, 0.3) is 0 Å². The molecule has 2 unspecified atom stereocenters. The van der Waals surface area contributed by atoms with Crippen LogP contribution in [0.15, 0.2) is 18.2 Å². The van der Waals surface area contributed by atoms with Gasteiger partial charge < -0.3 is 48.8 Å². The topological polar surface area (TPSA) is 245 Å². The number of hydrogen-bond acceptors (Lipinski definition) is 18. The summed E-state index contributed by atoms with van der Waals surface area (Å²) in [4.78, 5) is 83.4. The van der Waals surface area contributed by atoms with Crippen molar-refractivity contribution in [3.8, 4) is 17.2 Å². The fraction of sp³-hybridized carbons (Fsp3) is 0.600. The lowest BCUT2D eigenvalue weighted by Gasteiger charge is -2.44. The number of aromatic hydroxyl groups is 2. The van der Waals surface area contributed by atoms with E-state index in [2.05, 4.69) is 0 Å². The van der Waals surface area contributed by atoms with Crippen LogP contribution >= 0.6 is 11.8 Å². The van der Waals surface area contributed by atoms with Crippen molar-refractivity contribution >= 4 is 46.7 Å². The first-order valence-corrected chi connectivity index (χ1v) is 22.7. The summed E-state index contributed by atoms with van der Waals surface area (Å²) in [7, 11) is 2.80. The highest BCUT2D eigenvalue weighted by atomic mass is 32.2. The second-order valence-corrected chi connectivity index (χ2v) is 19.3. The number of hydrogen-bond donors (Lipinski definition) is 4. The van der Waals surface area contributed by atoms with Crippen molar-refractivity contribution in [1.29, 1.82) is 0 Å². The molecule has 64 heavy (non-hydrogen) atoms. The Bertz CT molecular complexity index is 2300. The fourth-order valence-electron chi connectivity index (χ4n) is 10.9. The molecule has 9 rings (SSSR count). The minimum atomic E-state index is -2.32. The van der Waals surface area contributed by atoms with E-state index in [0.29, 0.717) is 6.54 Å². The highest BCUT2D eigenvalue weighted by Crippen LogP contribution is 2.53. The van der Waals surface area contributed by atoms with E-state index in [9.17, 15) is 49.2 Å². The summed E-state index contributed by atoms with van der Waals surface area (Å²) in [5.74, 6) is -4.06. The molecular weight excluding hydrogens is 857 g/mol. The standard InChI is InChI=1S/C45H52N2O16S/c1-19(49)22-10-8-21(9-11-22)16-47-30(51)13-28(42(47)56)64-32-17-46-25-12-31(60-20(2)41(25)63-43(46)44(59-4)62-32)61-27-15-45(57,29(50)18-48)14-24-34(27)40(55)36-35(38(24)53)37(52)23-6-5-7-26(58-3)33(23)39(36)54/h5-7,20-22,25,27-28,31-32,41,43-44,48,53,55,57H,8-18H2,1-4H3/t20-,21?,22?,25-,27-,28?,31-,32?,41+,43+,44-,45-/m0/s1. The second kappa shape index (κ2) is 17.2. The minimum Gasteiger partial charge on any atom is -0.507 e. The molecule has 3 aliphatic carbocycles. The van der Waals surface area contributed by atoms with Crippen LogP contribution in [0.3, 0.4) is 0 Å². The Hall–Kier alpha value is -4.31. The molecule has 5 fully saturated rings. The maximum absolute atomic E-state index is 14.1. The number of phenols is 2.